The van der Waals surface area contributed by atoms with Gasteiger partial charge in [0.05, 0.1) is 0 Å². The van der Waals surface area contributed by atoms with Crippen molar-refractivity contribution in [1.29, 1.82) is 5.26 Å². The third kappa shape index (κ3) is 6.26. The molecule has 0 aromatic heterocycles. The number of hydrogen-bond donors (Lipinski definition) is 2. The lowest BCUT2D eigenvalue weighted by Gasteiger charge is -2.07. The van der Waals surface area contributed by atoms with E-state index in [1.54, 1.807) is 6.07 Å². The van der Waals surface area contributed by atoms with Gasteiger partial charge in [0, 0.05) is 28.8 Å². The third-order valence-corrected chi connectivity index (χ3v) is 4.32. The molecular weight excluding hydrogens is 402 g/mol. The van der Waals surface area contributed by atoms with Gasteiger partial charge in [-0.05, 0) is 35.7 Å². The van der Waals surface area contributed by atoms with Crippen LogP contribution in [0.25, 0.3) is 0 Å². The van der Waals surface area contributed by atoms with E-state index < -0.39 is 5.91 Å². The molecule has 2 aromatic carbocycles. The fraction of sp³-hybridized carbons (Fsp3) is 0.158. The molecule has 0 aliphatic carbocycles. The zero-order valence-corrected chi connectivity index (χ0v) is 15.8. The number of rotatable bonds is 7. The Morgan fingerprint density at radius 2 is 2.04 bits per heavy atom. The Morgan fingerprint density at radius 1 is 1.24 bits per heavy atom. The summed E-state index contributed by atoms with van der Waals surface area (Å²) in [4.78, 5) is 12.1. The molecule has 0 unspecified atom stereocenters. The Morgan fingerprint density at radius 3 is 2.76 bits per heavy atom. The molecule has 1 amide bonds. The number of amides is 1. The number of carbonyl (C=O) groups is 1. The number of hydrogen-bond acceptors (Lipinski definition) is 3. The highest BCUT2D eigenvalue weighted by Crippen LogP contribution is 2.14. The Balaban J connectivity index is 1.83. The summed E-state index contributed by atoms with van der Waals surface area (Å²) in [5, 5.41) is 15.4. The Kier molecular flexibility index (Phi) is 7.52. The lowest BCUT2D eigenvalue weighted by molar-refractivity contribution is -0.117. The quantitative estimate of drug-likeness (QED) is 0.406. The van der Waals surface area contributed by atoms with E-state index in [9.17, 15) is 4.79 Å². The largest absolute Gasteiger partial charge is 0.389 e. The van der Waals surface area contributed by atoms with Crippen LogP contribution in [0, 0.1) is 11.3 Å². The van der Waals surface area contributed by atoms with E-state index in [0.29, 0.717) is 11.6 Å². The van der Waals surface area contributed by atoms with Crippen LogP contribution in [0.2, 0.25) is 5.02 Å². The summed E-state index contributed by atoms with van der Waals surface area (Å²) in [5.74, 6) is -0.433. The average molecular weight is 419 g/mol. The van der Waals surface area contributed by atoms with E-state index in [1.165, 1.54) is 6.20 Å². The number of halogens is 2. The van der Waals surface area contributed by atoms with Gasteiger partial charge in [-0.15, -0.1) is 0 Å². The lowest BCUT2D eigenvalue weighted by atomic mass is 10.1. The number of nitrogens with zero attached hydrogens (tertiary/aromatic N) is 1. The number of carbonyl (C=O) groups excluding carboxylic acids is 1. The van der Waals surface area contributed by atoms with Gasteiger partial charge < -0.3 is 10.6 Å². The van der Waals surface area contributed by atoms with Crippen molar-refractivity contribution in [2.24, 2.45) is 0 Å². The van der Waals surface area contributed by atoms with E-state index in [4.69, 9.17) is 16.9 Å². The van der Waals surface area contributed by atoms with Crippen LogP contribution in [-0.2, 0) is 17.8 Å². The average Bonchev–Trinajstić information content (AvgIpc) is 2.61. The SMILES string of the molecule is N#C/C(=C/NCCc1cccc(Br)c1)C(=O)NCc1ccccc1Cl. The molecule has 4 nitrogen and oxygen atoms in total. The molecule has 6 heteroatoms. The van der Waals surface area contributed by atoms with Gasteiger partial charge in [-0.2, -0.15) is 5.26 Å². The van der Waals surface area contributed by atoms with Gasteiger partial charge in [-0.3, -0.25) is 4.79 Å². The molecule has 0 aliphatic rings. The van der Waals surface area contributed by atoms with Crippen molar-refractivity contribution in [2.45, 2.75) is 13.0 Å². The third-order valence-electron chi connectivity index (χ3n) is 3.46. The Hall–Kier alpha value is -2.29. The second-order valence-electron chi connectivity index (χ2n) is 5.28. The van der Waals surface area contributed by atoms with E-state index in [2.05, 4.69) is 26.6 Å². The van der Waals surface area contributed by atoms with Crippen molar-refractivity contribution in [1.82, 2.24) is 10.6 Å². The molecule has 0 saturated carbocycles. The molecule has 2 rings (SSSR count). The minimum Gasteiger partial charge on any atom is -0.389 e. The van der Waals surface area contributed by atoms with Gasteiger partial charge in [0.15, 0.2) is 0 Å². The van der Waals surface area contributed by atoms with Crippen molar-refractivity contribution in [3.63, 3.8) is 0 Å². The van der Waals surface area contributed by atoms with Crippen LogP contribution < -0.4 is 10.6 Å². The molecule has 25 heavy (non-hydrogen) atoms. The second-order valence-corrected chi connectivity index (χ2v) is 6.60. The first-order chi connectivity index (χ1) is 12.1. The fourth-order valence-electron chi connectivity index (χ4n) is 2.14. The second kappa shape index (κ2) is 9.87. The highest BCUT2D eigenvalue weighted by molar-refractivity contribution is 9.10. The van der Waals surface area contributed by atoms with Crippen LogP contribution in [-0.4, -0.2) is 12.5 Å². The Bertz CT molecular complexity index is 814. The molecule has 0 atom stereocenters. The predicted octanol–water partition coefficient (Wildman–Crippen LogP) is 3.96. The summed E-state index contributed by atoms with van der Waals surface area (Å²) < 4.78 is 1.03. The number of benzene rings is 2. The van der Waals surface area contributed by atoms with Gasteiger partial charge >= 0.3 is 0 Å². The summed E-state index contributed by atoms with van der Waals surface area (Å²) in [6.45, 7) is 0.898. The van der Waals surface area contributed by atoms with E-state index in [1.807, 2.05) is 48.5 Å². The van der Waals surface area contributed by atoms with Crippen LogP contribution in [0.15, 0.2) is 64.8 Å². The van der Waals surface area contributed by atoms with Crippen LogP contribution >= 0.6 is 27.5 Å². The van der Waals surface area contributed by atoms with Crippen molar-refractivity contribution in [2.75, 3.05) is 6.54 Å². The smallest absolute Gasteiger partial charge is 0.263 e. The molecule has 128 valence electrons. The maximum Gasteiger partial charge on any atom is 0.263 e. The molecular formula is C19H17BrClN3O. The highest BCUT2D eigenvalue weighted by atomic mass is 79.9. The molecule has 0 aliphatic heterocycles. The maximum atomic E-state index is 12.1. The molecule has 2 N–H and O–H groups in total. The minimum atomic E-state index is -0.433. The Labute approximate surface area is 160 Å². The van der Waals surface area contributed by atoms with Gasteiger partial charge in [-0.1, -0.05) is 57.9 Å². The fourth-order valence-corrected chi connectivity index (χ4v) is 2.79. The standard InChI is InChI=1S/C19H17BrClN3O/c20-17-6-3-4-14(10-17)8-9-23-12-16(11-22)19(25)24-13-15-5-1-2-7-18(15)21/h1-7,10,12,23H,8-9,13H2,(H,24,25)/b16-12-. The zero-order valence-electron chi connectivity index (χ0n) is 13.4. The maximum absolute atomic E-state index is 12.1. The summed E-state index contributed by atoms with van der Waals surface area (Å²) in [5.41, 5.74) is 2.00. The van der Waals surface area contributed by atoms with Crippen molar-refractivity contribution in [3.8, 4) is 6.07 Å². The molecule has 2 aromatic rings. The zero-order chi connectivity index (χ0) is 18.1. The number of nitriles is 1. The molecule has 0 saturated heterocycles. The van der Waals surface area contributed by atoms with E-state index >= 15 is 0 Å². The first-order valence-electron chi connectivity index (χ1n) is 7.70. The van der Waals surface area contributed by atoms with Crippen molar-refractivity contribution >= 4 is 33.4 Å². The molecule has 0 bridgehead atoms. The summed E-state index contributed by atoms with van der Waals surface area (Å²) in [7, 11) is 0. The van der Waals surface area contributed by atoms with Gasteiger partial charge in [0.1, 0.15) is 11.6 Å². The van der Waals surface area contributed by atoms with Crippen molar-refractivity contribution in [3.05, 3.63) is 80.9 Å². The monoisotopic (exact) mass is 417 g/mol. The first-order valence-corrected chi connectivity index (χ1v) is 8.87. The van der Waals surface area contributed by atoms with Gasteiger partial charge in [0.2, 0.25) is 0 Å². The predicted molar refractivity (Wildman–Crippen MR) is 103 cm³/mol. The molecule has 0 spiro atoms. The van der Waals surface area contributed by atoms with E-state index in [0.717, 1.165) is 22.0 Å². The van der Waals surface area contributed by atoms with Crippen molar-refractivity contribution < 1.29 is 4.79 Å². The van der Waals surface area contributed by atoms with Crippen LogP contribution in [0.5, 0.6) is 0 Å². The summed E-state index contributed by atoms with van der Waals surface area (Å²) in [6, 6.07) is 17.2. The van der Waals surface area contributed by atoms with E-state index in [-0.39, 0.29) is 12.1 Å². The van der Waals surface area contributed by atoms with Crippen LogP contribution in [0.3, 0.4) is 0 Å². The summed E-state index contributed by atoms with van der Waals surface area (Å²) in [6.07, 6.45) is 2.23. The van der Waals surface area contributed by atoms with Crippen LogP contribution in [0.4, 0.5) is 0 Å². The first kappa shape index (κ1) is 19.0. The molecule has 0 fully saturated rings. The highest BCUT2D eigenvalue weighted by Gasteiger charge is 2.09. The topological polar surface area (TPSA) is 64.9 Å². The molecule has 0 radical (unpaired) electrons. The minimum absolute atomic E-state index is 0.0290. The summed E-state index contributed by atoms with van der Waals surface area (Å²) >= 11 is 9.47. The van der Waals surface area contributed by atoms with Gasteiger partial charge in [0.25, 0.3) is 5.91 Å². The normalized spacial score (nSPS) is 10.8. The molecule has 0 heterocycles. The number of nitrogens with one attached hydrogen (secondary N) is 2. The lowest BCUT2D eigenvalue weighted by Crippen LogP contribution is -2.25. The van der Waals surface area contributed by atoms with Crippen LogP contribution in [0.1, 0.15) is 11.1 Å². The van der Waals surface area contributed by atoms with Gasteiger partial charge in [-0.25, -0.2) is 0 Å².